The molecule has 0 amide bonds. The number of benzene rings is 1. The van der Waals surface area contributed by atoms with Crippen LogP contribution in [0.4, 0.5) is 0 Å². The van der Waals surface area contributed by atoms with Crippen LogP contribution in [0.1, 0.15) is 21.7 Å². The highest BCUT2D eigenvalue weighted by Crippen LogP contribution is 2.36. The van der Waals surface area contributed by atoms with Crippen molar-refractivity contribution in [3.8, 4) is 17.2 Å². The summed E-state index contributed by atoms with van der Waals surface area (Å²) < 4.78 is 12.4. The molecule has 5 nitrogen and oxygen atoms in total. The Bertz CT molecular complexity index is 706. The normalized spacial score (nSPS) is 10.5. The lowest BCUT2D eigenvalue weighted by Crippen LogP contribution is -2.05. The van der Waals surface area contributed by atoms with Crippen LogP contribution in [-0.2, 0) is 0 Å². The maximum atomic E-state index is 11.3. The summed E-state index contributed by atoms with van der Waals surface area (Å²) in [5.41, 5.74) is 2.33. The van der Waals surface area contributed by atoms with Crippen LogP contribution in [0.15, 0.2) is 18.2 Å². The molecule has 112 valence electrons. The van der Waals surface area contributed by atoms with Crippen LogP contribution in [0.5, 0.6) is 11.5 Å². The zero-order valence-corrected chi connectivity index (χ0v) is 13.0. The van der Waals surface area contributed by atoms with Gasteiger partial charge in [0.25, 0.3) is 0 Å². The minimum atomic E-state index is -0.964. The summed E-state index contributed by atoms with van der Waals surface area (Å²) in [4.78, 5) is 11.3. The van der Waals surface area contributed by atoms with E-state index in [0.717, 1.165) is 5.69 Å². The van der Waals surface area contributed by atoms with Crippen molar-refractivity contribution < 1.29 is 19.4 Å². The molecule has 6 heteroatoms. The van der Waals surface area contributed by atoms with Gasteiger partial charge < -0.3 is 19.1 Å². The number of hydrogen-bond acceptors (Lipinski definition) is 3. The summed E-state index contributed by atoms with van der Waals surface area (Å²) in [6.07, 6.45) is 0. The SMILES string of the molecule is COc1cc(-n2c(C)cc(C(=O)O)c2C)c(OC)cc1Cl. The Morgan fingerprint density at radius 2 is 1.76 bits per heavy atom. The van der Waals surface area contributed by atoms with Crippen LogP contribution >= 0.6 is 11.6 Å². The third-order valence-corrected chi connectivity index (χ3v) is 3.65. The summed E-state index contributed by atoms with van der Waals surface area (Å²) in [6.45, 7) is 3.58. The number of aryl methyl sites for hydroxylation is 1. The molecule has 0 saturated heterocycles. The van der Waals surface area contributed by atoms with Crippen LogP contribution in [0.2, 0.25) is 5.02 Å². The monoisotopic (exact) mass is 309 g/mol. The summed E-state index contributed by atoms with van der Waals surface area (Å²) in [5.74, 6) is 0.0747. The lowest BCUT2D eigenvalue weighted by Gasteiger charge is -2.16. The van der Waals surface area contributed by atoms with E-state index in [2.05, 4.69) is 0 Å². The van der Waals surface area contributed by atoms with E-state index in [1.807, 2.05) is 6.92 Å². The number of halogens is 1. The molecule has 1 N–H and O–H groups in total. The minimum absolute atomic E-state index is 0.253. The van der Waals surface area contributed by atoms with Crippen molar-refractivity contribution in [3.05, 3.63) is 40.2 Å². The van der Waals surface area contributed by atoms with Crippen LogP contribution < -0.4 is 9.47 Å². The topological polar surface area (TPSA) is 60.7 Å². The van der Waals surface area contributed by atoms with E-state index in [4.69, 9.17) is 21.1 Å². The molecule has 1 aromatic carbocycles. The molecule has 2 rings (SSSR count). The first-order valence-corrected chi connectivity index (χ1v) is 6.62. The Balaban J connectivity index is 2.75. The summed E-state index contributed by atoms with van der Waals surface area (Å²) >= 11 is 6.09. The first-order valence-electron chi connectivity index (χ1n) is 6.24. The first kappa shape index (κ1) is 15.3. The van der Waals surface area contributed by atoms with Gasteiger partial charge in [0.05, 0.1) is 30.5 Å². The van der Waals surface area contributed by atoms with Gasteiger partial charge in [-0.3, -0.25) is 0 Å². The third-order valence-electron chi connectivity index (χ3n) is 3.36. The minimum Gasteiger partial charge on any atom is -0.495 e. The molecule has 0 aliphatic heterocycles. The van der Waals surface area contributed by atoms with Crippen LogP contribution in [0.3, 0.4) is 0 Å². The van der Waals surface area contributed by atoms with E-state index >= 15 is 0 Å². The lowest BCUT2D eigenvalue weighted by atomic mass is 10.2. The maximum Gasteiger partial charge on any atom is 0.337 e. The Morgan fingerprint density at radius 3 is 2.24 bits per heavy atom. The highest BCUT2D eigenvalue weighted by Gasteiger charge is 2.19. The molecular weight excluding hydrogens is 294 g/mol. The van der Waals surface area contributed by atoms with E-state index in [-0.39, 0.29) is 5.56 Å². The molecule has 1 aromatic heterocycles. The van der Waals surface area contributed by atoms with Gasteiger partial charge in [-0.1, -0.05) is 11.6 Å². The molecule has 0 fully saturated rings. The Hall–Kier alpha value is -2.14. The zero-order chi connectivity index (χ0) is 15.7. The quantitative estimate of drug-likeness (QED) is 0.939. The van der Waals surface area contributed by atoms with E-state index in [9.17, 15) is 9.90 Å². The Kier molecular flexibility index (Phi) is 4.14. The lowest BCUT2D eigenvalue weighted by molar-refractivity contribution is 0.0696. The van der Waals surface area contributed by atoms with Gasteiger partial charge in [-0.2, -0.15) is 0 Å². The van der Waals surface area contributed by atoms with Crippen molar-refractivity contribution in [3.63, 3.8) is 0 Å². The number of rotatable bonds is 4. The van der Waals surface area contributed by atoms with E-state index in [1.165, 1.54) is 14.2 Å². The predicted octanol–water partition coefficient (Wildman–Crippen LogP) is 3.46. The summed E-state index contributed by atoms with van der Waals surface area (Å²) in [6, 6.07) is 5.00. The van der Waals surface area contributed by atoms with Crippen LogP contribution in [-0.4, -0.2) is 29.9 Å². The number of nitrogens with zero attached hydrogens (tertiary/aromatic N) is 1. The van der Waals surface area contributed by atoms with Gasteiger partial charge in [-0.15, -0.1) is 0 Å². The summed E-state index contributed by atoms with van der Waals surface area (Å²) in [5, 5.41) is 9.66. The fourth-order valence-corrected chi connectivity index (χ4v) is 2.60. The van der Waals surface area contributed by atoms with Crippen molar-refractivity contribution in [1.82, 2.24) is 4.57 Å². The number of carboxylic acids is 1. The molecule has 0 radical (unpaired) electrons. The second kappa shape index (κ2) is 5.69. The van der Waals surface area contributed by atoms with Crippen molar-refractivity contribution in [1.29, 1.82) is 0 Å². The van der Waals surface area contributed by atoms with Crippen LogP contribution in [0, 0.1) is 13.8 Å². The number of carbonyl (C=O) groups is 1. The maximum absolute atomic E-state index is 11.3. The van der Waals surface area contributed by atoms with E-state index in [1.54, 1.807) is 29.7 Å². The average Bonchev–Trinajstić information content (AvgIpc) is 2.74. The van der Waals surface area contributed by atoms with Gasteiger partial charge in [0, 0.05) is 23.5 Å². The van der Waals surface area contributed by atoms with Crippen molar-refractivity contribution in [2.24, 2.45) is 0 Å². The molecule has 0 spiro atoms. The predicted molar refractivity (Wildman–Crippen MR) is 80.3 cm³/mol. The smallest absolute Gasteiger partial charge is 0.337 e. The molecular formula is C15H16ClNO4. The zero-order valence-electron chi connectivity index (χ0n) is 12.2. The van der Waals surface area contributed by atoms with Crippen molar-refractivity contribution >= 4 is 17.6 Å². The number of carboxylic acid groups (broad SMARTS) is 1. The second-order valence-corrected chi connectivity index (χ2v) is 4.99. The number of aromatic nitrogens is 1. The molecule has 0 aliphatic carbocycles. The molecule has 0 unspecified atom stereocenters. The second-order valence-electron chi connectivity index (χ2n) is 4.58. The molecule has 21 heavy (non-hydrogen) atoms. The molecule has 1 heterocycles. The number of methoxy groups -OCH3 is 2. The average molecular weight is 310 g/mol. The molecule has 0 saturated carbocycles. The van der Waals surface area contributed by atoms with Crippen LogP contribution in [0.25, 0.3) is 5.69 Å². The Labute approximate surface area is 127 Å². The van der Waals surface area contributed by atoms with Gasteiger partial charge in [0.2, 0.25) is 0 Å². The number of hydrogen-bond donors (Lipinski definition) is 1. The highest BCUT2D eigenvalue weighted by atomic mass is 35.5. The van der Waals surface area contributed by atoms with Gasteiger partial charge in [-0.25, -0.2) is 4.79 Å². The molecule has 0 bridgehead atoms. The number of aromatic carboxylic acids is 1. The third kappa shape index (κ3) is 2.56. The largest absolute Gasteiger partial charge is 0.495 e. The van der Waals surface area contributed by atoms with E-state index < -0.39 is 5.97 Å². The highest BCUT2D eigenvalue weighted by molar-refractivity contribution is 6.32. The molecule has 2 aromatic rings. The standard InChI is InChI=1S/C15H16ClNO4/c1-8-5-10(15(18)19)9(2)17(8)12-7-13(20-3)11(16)6-14(12)21-4/h5-7H,1-4H3,(H,18,19). The van der Waals surface area contributed by atoms with Crippen molar-refractivity contribution in [2.45, 2.75) is 13.8 Å². The van der Waals surface area contributed by atoms with Gasteiger partial charge in [-0.05, 0) is 19.9 Å². The van der Waals surface area contributed by atoms with Gasteiger partial charge in [0.15, 0.2) is 0 Å². The molecule has 0 atom stereocenters. The molecule has 0 aliphatic rings. The Morgan fingerprint density at radius 1 is 1.14 bits per heavy atom. The summed E-state index contributed by atoms with van der Waals surface area (Å²) in [7, 11) is 3.06. The van der Waals surface area contributed by atoms with E-state index in [0.29, 0.717) is 27.9 Å². The van der Waals surface area contributed by atoms with Gasteiger partial charge >= 0.3 is 5.97 Å². The first-order chi connectivity index (χ1) is 9.90. The number of ether oxygens (including phenoxy) is 2. The van der Waals surface area contributed by atoms with Crippen molar-refractivity contribution in [2.75, 3.05) is 14.2 Å². The fourth-order valence-electron chi connectivity index (χ4n) is 2.37. The van der Waals surface area contributed by atoms with Gasteiger partial charge in [0.1, 0.15) is 11.5 Å². The fraction of sp³-hybridized carbons (Fsp3) is 0.267.